The topological polar surface area (TPSA) is 75.7 Å². The Balaban J connectivity index is 1.83. The fourth-order valence-electron chi connectivity index (χ4n) is 4.50. The second-order valence-corrected chi connectivity index (χ2v) is 7.90. The van der Waals surface area contributed by atoms with Crippen molar-refractivity contribution in [1.29, 1.82) is 0 Å². The summed E-state index contributed by atoms with van der Waals surface area (Å²) in [5, 5.41) is 0. The molecule has 8 nitrogen and oxygen atoms in total. The molecule has 0 aliphatic carbocycles. The lowest BCUT2D eigenvalue weighted by atomic mass is 9.77. The number of carbonyl (C=O) groups is 1. The van der Waals surface area contributed by atoms with Crippen molar-refractivity contribution in [2.75, 3.05) is 47.6 Å². The first-order valence-corrected chi connectivity index (χ1v) is 11.0. The lowest BCUT2D eigenvalue weighted by molar-refractivity contribution is -0.126. The van der Waals surface area contributed by atoms with Gasteiger partial charge in [0.25, 0.3) is 0 Å². The van der Waals surface area contributed by atoms with Crippen LogP contribution in [-0.4, -0.2) is 48.6 Å². The molecule has 1 aliphatic rings. The van der Waals surface area contributed by atoms with Crippen LogP contribution in [0, 0.1) is 0 Å². The smallest absolute Gasteiger partial charge is 0.237 e. The fourth-order valence-corrected chi connectivity index (χ4v) is 4.50. The number of methoxy groups -OCH3 is 6. The van der Waals surface area contributed by atoms with Gasteiger partial charge in [-0.25, -0.2) is 0 Å². The molecule has 35 heavy (non-hydrogen) atoms. The van der Waals surface area contributed by atoms with E-state index >= 15 is 0 Å². The van der Waals surface area contributed by atoms with Crippen molar-refractivity contribution in [2.45, 2.75) is 12.0 Å². The maximum Gasteiger partial charge on any atom is 0.237 e. The molecule has 0 saturated carbocycles. The first-order valence-electron chi connectivity index (χ1n) is 11.0. The summed E-state index contributed by atoms with van der Waals surface area (Å²) in [5.74, 6) is 2.82. The van der Waals surface area contributed by atoms with Crippen molar-refractivity contribution in [2.24, 2.45) is 0 Å². The van der Waals surface area contributed by atoms with Crippen LogP contribution >= 0.6 is 0 Å². The van der Waals surface area contributed by atoms with Gasteiger partial charge in [0, 0.05) is 12.1 Å². The van der Waals surface area contributed by atoms with Crippen molar-refractivity contribution >= 4 is 11.6 Å². The number of ether oxygens (including phenoxy) is 6. The Morgan fingerprint density at radius 2 is 1.17 bits per heavy atom. The molecule has 4 rings (SSSR count). The molecule has 1 amide bonds. The highest BCUT2D eigenvalue weighted by molar-refractivity contribution is 6.07. The van der Waals surface area contributed by atoms with Gasteiger partial charge in [-0.2, -0.15) is 0 Å². The Hall–Kier alpha value is -4.07. The molecule has 1 aliphatic heterocycles. The quantitative estimate of drug-likeness (QED) is 0.415. The predicted octanol–water partition coefficient (Wildman–Crippen LogP) is 4.61. The zero-order chi connectivity index (χ0) is 25.1. The lowest BCUT2D eigenvalue weighted by Crippen LogP contribution is -2.53. The minimum absolute atomic E-state index is 0.0627. The number of amides is 1. The molecule has 2 atom stereocenters. The molecule has 8 heteroatoms. The van der Waals surface area contributed by atoms with E-state index in [2.05, 4.69) is 0 Å². The van der Waals surface area contributed by atoms with Gasteiger partial charge < -0.3 is 33.3 Å². The Morgan fingerprint density at radius 1 is 0.600 bits per heavy atom. The van der Waals surface area contributed by atoms with Gasteiger partial charge >= 0.3 is 0 Å². The zero-order valence-corrected chi connectivity index (χ0v) is 20.7. The van der Waals surface area contributed by atoms with Crippen molar-refractivity contribution in [3.63, 3.8) is 0 Å². The van der Waals surface area contributed by atoms with Gasteiger partial charge in [-0.15, -0.1) is 0 Å². The Morgan fingerprint density at radius 3 is 1.69 bits per heavy atom. The summed E-state index contributed by atoms with van der Waals surface area (Å²) < 4.78 is 32.7. The maximum atomic E-state index is 13.7. The van der Waals surface area contributed by atoms with E-state index in [1.807, 2.05) is 42.5 Å². The number of benzene rings is 3. The van der Waals surface area contributed by atoms with Gasteiger partial charge in [-0.1, -0.05) is 18.2 Å². The highest BCUT2D eigenvalue weighted by Crippen LogP contribution is 2.52. The second kappa shape index (κ2) is 10.0. The van der Waals surface area contributed by atoms with Crippen LogP contribution in [0.15, 0.2) is 54.6 Å². The standard InChI is InChI=1S/C27H29NO7/c1-30-19-10-7-16(8-11-19)25-24(17-9-12-20(31-2)21(13-17)32-3)27(29)28(25)18-14-22(33-4)26(35-6)23(15-18)34-5/h7-15,24-25H,1-6H3/t24-,25-/m1/s1. The molecule has 0 unspecified atom stereocenters. The molecular formula is C27H29NO7. The molecule has 0 radical (unpaired) electrons. The summed E-state index contributed by atoms with van der Waals surface area (Å²) in [6.07, 6.45) is 0. The number of nitrogens with zero attached hydrogens (tertiary/aromatic N) is 1. The summed E-state index contributed by atoms with van der Waals surface area (Å²) in [5.41, 5.74) is 2.43. The van der Waals surface area contributed by atoms with Gasteiger partial charge in [0.05, 0.1) is 60.3 Å². The minimum Gasteiger partial charge on any atom is -0.497 e. The molecule has 1 heterocycles. The number of hydrogen-bond acceptors (Lipinski definition) is 7. The van der Waals surface area contributed by atoms with Crippen molar-refractivity contribution in [3.8, 4) is 34.5 Å². The predicted molar refractivity (Wildman–Crippen MR) is 132 cm³/mol. The van der Waals surface area contributed by atoms with Gasteiger partial charge in [-0.3, -0.25) is 4.79 Å². The molecule has 1 saturated heterocycles. The highest BCUT2D eigenvalue weighted by atomic mass is 16.5. The molecular weight excluding hydrogens is 450 g/mol. The lowest BCUT2D eigenvalue weighted by Gasteiger charge is -2.48. The molecule has 0 aromatic heterocycles. The third-order valence-corrected chi connectivity index (χ3v) is 6.25. The van der Waals surface area contributed by atoms with Crippen LogP contribution in [0.5, 0.6) is 34.5 Å². The molecule has 3 aromatic rings. The molecule has 0 bridgehead atoms. The number of β-lactam (4-membered cyclic amide) rings is 1. The van der Waals surface area contributed by atoms with Crippen LogP contribution in [-0.2, 0) is 4.79 Å². The van der Waals surface area contributed by atoms with Crippen LogP contribution in [0.4, 0.5) is 5.69 Å². The van der Waals surface area contributed by atoms with Crippen LogP contribution in [0.25, 0.3) is 0 Å². The van der Waals surface area contributed by atoms with E-state index in [9.17, 15) is 4.79 Å². The highest BCUT2D eigenvalue weighted by Gasteiger charge is 2.50. The van der Waals surface area contributed by atoms with Crippen LogP contribution < -0.4 is 33.3 Å². The van der Waals surface area contributed by atoms with E-state index < -0.39 is 5.92 Å². The van der Waals surface area contributed by atoms with Crippen LogP contribution in [0.3, 0.4) is 0 Å². The summed E-state index contributed by atoms with van der Waals surface area (Å²) in [4.78, 5) is 15.4. The Bertz CT molecular complexity index is 1180. The largest absolute Gasteiger partial charge is 0.497 e. The molecule has 3 aromatic carbocycles. The van der Waals surface area contributed by atoms with E-state index in [-0.39, 0.29) is 11.9 Å². The van der Waals surface area contributed by atoms with Crippen LogP contribution in [0.1, 0.15) is 23.1 Å². The molecule has 1 fully saturated rings. The van der Waals surface area contributed by atoms with Crippen LogP contribution in [0.2, 0.25) is 0 Å². The van der Waals surface area contributed by atoms with Gasteiger partial charge in [0.2, 0.25) is 11.7 Å². The summed E-state index contributed by atoms with van der Waals surface area (Å²) in [6.45, 7) is 0. The third kappa shape index (κ3) is 4.16. The number of carbonyl (C=O) groups excluding carboxylic acids is 1. The first kappa shape index (κ1) is 24.1. The van der Waals surface area contributed by atoms with Gasteiger partial charge in [0.1, 0.15) is 5.75 Å². The third-order valence-electron chi connectivity index (χ3n) is 6.25. The first-order chi connectivity index (χ1) is 17.0. The molecule has 184 valence electrons. The van der Waals surface area contributed by atoms with Crippen molar-refractivity contribution in [3.05, 3.63) is 65.7 Å². The monoisotopic (exact) mass is 479 g/mol. The Labute approximate surface area is 204 Å². The molecule has 0 N–H and O–H groups in total. The number of hydrogen-bond donors (Lipinski definition) is 0. The van der Waals surface area contributed by atoms with E-state index in [0.29, 0.717) is 34.4 Å². The normalized spacial score (nSPS) is 16.9. The summed E-state index contributed by atoms with van der Waals surface area (Å²) >= 11 is 0. The van der Waals surface area contributed by atoms with E-state index in [1.165, 1.54) is 0 Å². The van der Waals surface area contributed by atoms with E-state index in [1.54, 1.807) is 59.7 Å². The van der Waals surface area contributed by atoms with Gasteiger partial charge in [0.15, 0.2) is 23.0 Å². The average molecular weight is 480 g/mol. The van der Waals surface area contributed by atoms with Crippen molar-refractivity contribution < 1.29 is 33.2 Å². The SMILES string of the molecule is COc1ccc([C@@H]2[C@@H](c3ccc(OC)c(OC)c3)C(=O)N2c2cc(OC)c(OC)c(OC)c2)cc1. The van der Waals surface area contributed by atoms with Gasteiger partial charge in [-0.05, 0) is 35.4 Å². The number of anilines is 1. The Kier molecular flexibility index (Phi) is 6.91. The minimum atomic E-state index is -0.428. The zero-order valence-electron chi connectivity index (χ0n) is 20.7. The number of rotatable bonds is 9. The summed E-state index contributed by atoms with van der Waals surface area (Å²) in [7, 11) is 9.42. The van der Waals surface area contributed by atoms with E-state index in [0.717, 1.165) is 16.9 Å². The van der Waals surface area contributed by atoms with E-state index in [4.69, 9.17) is 28.4 Å². The average Bonchev–Trinajstić information content (AvgIpc) is 2.90. The maximum absolute atomic E-state index is 13.7. The van der Waals surface area contributed by atoms with Crippen molar-refractivity contribution in [1.82, 2.24) is 0 Å². The second-order valence-electron chi connectivity index (χ2n) is 7.90. The fraction of sp³-hybridized carbons (Fsp3) is 0.296. The molecule has 0 spiro atoms. The summed E-state index contributed by atoms with van der Waals surface area (Å²) in [6, 6.07) is 16.5.